The molecule has 0 aliphatic heterocycles. The molecule has 0 heterocycles. The molecule has 0 aliphatic carbocycles. The van der Waals surface area contributed by atoms with Crippen LogP contribution in [0.1, 0.15) is 23.6 Å². The van der Waals surface area contributed by atoms with Crippen molar-refractivity contribution in [2.24, 2.45) is 5.73 Å². The van der Waals surface area contributed by atoms with Gasteiger partial charge in [0.05, 0.1) is 23.4 Å². The second-order valence-electron chi connectivity index (χ2n) is 4.98. The number of nitrogens with zero attached hydrogens (tertiary/aromatic N) is 1. The first-order chi connectivity index (χ1) is 11.2. The Hall–Kier alpha value is -1.82. The van der Waals surface area contributed by atoms with Crippen molar-refractivity contribution in [1.29, 1.82) is 0 Å². The Kier molecular flexibility index (Phi) is 6.11. The van der Waals surface area contributed by atoms with Crippen molar-refractivity contribution in [2.75, 3.05) is 13.1 Å². The van der Waals surface area contributed by atoms with Gasteiger partial charge in [-0.2, -0.15) is 30.6 Å². The highest BCUT2D eigenvalue weighted by Crippen LogP contribution is 2.42. The lowest BCUT2D eigenvalue weighted by Gasteiger charge is -2.22. The average Bonchev–Trinajstić information content (AvgIpc) is 2.41. The van der Waals surface area contributed by atoms with Crippen molar-refractivity contribution in [3.8, 4) is 0 Å². The lowest BCUT2D eigenvalue weighted by Crippen LogP contribution is -2.39. The van der Waals surface area contributed by atoms with Crippen LogP contribution in [0, 0.1) is 0 Å². The number of alkyl halides is 6. The molecule has 5 nitrogen and oxygen atoms in total. The summed E-state index contributed by atoms with van der Waals surface area (Å²) in [7, 11) is -4.50. The molecule has 0 radical (unpaired) electrons. The number of carbonyl (C=O) groups excluding carboxylic acids is 1. The van der Waals surface area contributed by atoms with E-state index in [4.69, 9.17) is 5.73 Å². The van der Waals surface area contributed by atoms with E-state index in [1.165, 1.54) is 6.92 Å². The van der Waals surface area contributed by atoms with E-state index in [2.05, 4.69) is 0 Å². The first-order valence-electron chi connectivity index (χ1n) is 6.72. The molecule has 1 amide bonds. The smallest absolute Gasteiger partial charge is 0.369 e. The Morgan fingerprint density at radius 1 is 1.12 bits per heavy atom. The monoisotopic (exact) mass is 392 g/mol. The van der Waals surface area contributed by atoms with Crippen molar-refractivity contribution in [3.05, 3.63) is 34.9 Å². The van der Waals surface area contributed by atoms with Crippen LogP contribution in [-0.4, -0.2) is 31.7 Å². The van der Waals surface area contributed by atoms with Gasteiger partial charge in [-0.25, -0.2) is 8.42 Å². The third-order valence-corrected chi connectivity index (χ3v) is 5.01. The molecule has 0 fully saturated rings. The zero-order chi connectivity index (χ0) is 19.6. The lowest BCUT2D eigenvalue weighted by molar-refractivity contribution is -0.162. The summed E-state index contributed by atoms with van der Waals surface area (Å²) < 4.78 is 103. The fraction of sp³-hybridized carbons (Fsp3) is 0.462. The Balaban J connectivity index is 3.46. The van der Waals surface area contributed by atoms with Crippen LogP contribution in [-0.2, 0) is 32.9 Å². The minimum atomic E-state index is -5.42. The number of primary amides is 1. The molecule has 0 atom stereocenters. The fourth-order valence-corrected chi connectivity index (χ4v) is 3.69. The number of halogens is 6. The highest BCUT2D eigenvalue weighted by Gasteiger charge is 2.45. The Labute approximate surface area is 139 Å². The van der Waals surface area contributed by atoms with Gasteiger partial charge < -0.3 is 5.73 Å². The minimum absolute atomic E-state index is 0.222. The quantitative estimate of drug-likeness (QED) is 0.755. The van der Waals surface area contributed by atoms with Gasteiger partial charge in [0.15, 0.2) is 0 Å². The van der Waals surface area contributed by atoms with Gasteiger partial charge in [-0.05, 0) is 11.6 Å². The maximum Gasteiger partial charge on any atom is 0.417 e. The van der Waals surface area contributed by atoms with Gasteiger partial charge in [-0.3, -0.25) is 4.79 Å². The van der Waals surface area contributed by atoms with E-state index in [9.17, 15) is 39.6 Å². The molecule has 0 saturated carbocycles. The normalized spacial score (nSPS) is 13.3. The molecule has 25 heavy (non-hydrogen) atoms. The fourth-order valence-electron chi connectivity index (χ4n) is 2.16. The molecule has 1 rings (SSSR count). The molecular formula is C13H14F6N2O3S. The summed E-state index contributed by atoms with van der Waals surface area (Å²) in [5.41, 5.74) is -0.248. The van der Waals surface area contributed by atoms with Gasteiger partial charge in [-0.15, -0.1) is 0 Å². The summed E-state index contributed by atoms with van der Waals surface area (Å²) in [5.74, 6) is -2.40. The zero-order valence-corrected chi connectivity index (χ0v) is 13.6. The van der Waals surface area contributed by atoms with Crippen LogP contribution in [0.25, 0.3) is 0 Å². The van der Waals surface area contributed by atoms with E-state index in [1.54, 1.807) is 0 Å². The molecule has 142 valence electrons. The van der Waals surface area contributed by atoms with Crippen molar-refractivity contribution in [2.45, 2.75) is 25.0 Å². The van der Waals surface area contributed by atoms with Crippen molar-refractivity contribution < 1.29 is 39.6 Å². The van der Waals surface area contributed by atoms with Gasteiger partial charge in [0.1, 0.15) is 0 Å². The molecule has 0 spiro atoms. The number of carbonyl (C=O) groups is 1. The first kappa shape index (κ1) is 21.2. The highest BCUT2D eigenvalue weighted by atomic mass is 32.2. The van der Waals surface area contributed by atoms with E-state index in [1.807, 2.05) is 0 Å². The summed E-state index contributed by atoms with van der Waals surface area (Å²) in [5, 5.41) is 0. The summed E-state index contributed by atoms with van der Waals surface area (Å²) in [4.78, 5) is 10.9. The summed E-state index contributed by atoms with van der Waals surface area (Å²) >= 11 is 0. The predicted octanol–water partition coefficient (Wildman–Crippen LogP) is 2.36. The van der Waals surface area contributed by atoms with Crippen molar-refractivity contribution in [3.63, 3.8) is 0 Å². The first-order valence-corrected chi connectivity index (χ1v) is 8.33. The number of benzene rings is 1. The summed E-state index contributed by atoms with van der Waals surface area (Å²) in [6.45, 7) is 0.224. The molecule has 1 aromatic carbocycles. The number of amides is 1. The van der Waals surface area contributed by atoms with Crippen molar-refractivity contribution in [1.82, 2.24) is 4.31 Å². The van der Waals surface area contributed by atoms with Gasteiger partial charge in [0.2, 0.25) is 15.9 Å². The van der Waals surface area contributed by atoms with E-state index < -0.39 is 57.3 Å². The second-order valence-corrected chi connectivity index (χ2v) is 6.95. The van der Waals surface area contributed by atoms with Crippen LogP contribution >= 0.6 is 0 Å². The number of sulfonamides is 1. The van der Waals surface area contributed by atoms with Crippen LogP contribution in [0.3, 0.4) is 0 Å². The lowest BCUT2D eigenvalue weighted by atomic mass is 10.0. The van der Waals surface area contributed by atoms with Crippen LogP contribution in [0.5, 0.6) is 0 Å². The standard InChI is InChI=1S/C13H14F6N2O3S/c1-2-21(6-10(20)22)25(23,24)7-8-4-3-5-9(12(14,15)16)11(8)13(17,18)19/h3-5H,2,6-7H2,1H3,(H2,20,22). The SMILES string of the molecule is CCN(CC(N)=O)S(=O)(=O)Cc1cccc(C(F)(F)F)c1C(F)(F)F. The number of rotatable bonds is 6. The maximum absolute atomic E-state index is 13.1. The molecule has 0 unspecified atom stereocenters. The van der Waals surface area contributed by atoms with E-state index in [-0.39, 0.29) is 12.6 Å². The van der Waals surface area contributed by atoms with Crippen LogP contribution in [0.2, 0.25) is 0 Å². The van der Waals surface area contributed by atoms with Gasteiger partial charge in [-0.1, -0.05) is 19.1 Å². The zero-order valence-electron chi connectivity index (χ0n) is 12.8. The molecule has 0 aromatic heterocycles. The van der Waals surface area contributed by atoms with Crippen molar-refractivity contribution >= 4 is 15.9 Å². The molecule has 2 N–H and O–H groups in total. The molecule has 0 saturated heterocycles. The minimum Gasteiger partial charge on any atom is -0.369 e. The molecular weight excluding hydrogens is 378 g/mol. The van der Waals surface area contributed by atoms with Gasteiger partial charge in [0, 0.05) is 6.54 Å². The third-order valence-electron chi connectivity index (χ3n) is 3.16. The molecule has 0 bridgehead atoms. The summed E-state index contributed by atoms with van der Waals surface area (Å²) in [6.07, 6.45) is -10.7. The molecule has 1 aromatic rings. The second kappa shape index (κ2) is 7.20. The van der Waals surface area contributed by atoms with E-state index in [0.717, 1.165) is 0 Å². The number of nitrogens with two attached hydrogens (primary N) is 1. The maximum atomic E-state index is 13.1. The van der Waals surface area contributed by atoms with E-state index in [0.29, 0.717) is 16.4 Å². The third kappa shape index (κ3) is 5.33. The van der Waals surface area contributed by atoms with Gasteiger partial charge >= 0.3 is 12.4 Å². The number of hydrogen-bond donors (Lipinski definition) is 1. The van der Waals surface area contributed by atoms with E-state index >= 15 is 0 Å². The average molecular weight is 392 g/mol. The number of hydrogen-bond acceptors (Lipinski definition) is 3. The topological polar surface area (TPSA) is 80.5 Å². The highest BCUT2D eigenvalue weighted by molar-refractivity contribution is 7.88. The van der Waals surface area contributed by atoms with Crippen LogP contribution in [0.15, 0.2) is 18.2 Å². The Morgan fingerprint density at radius 3 is 2.08 bits per heavy atom. The molecule has 12 heteroatoms. The predicted molar refractivity (Wildman–Crippen MR) is 75.5 cm³/mol. The van der Waals surface area contributed by atoms with Crippen LogP contribution in [0.4, 0.5) is 26.3 Å². The summed E-state index contributed by atoms with van der Waals surface area (Å²) in [6, 6.07) is 1.56. The Bertz CT molecular complexity index is 743. The van der Waals surface area contributed by atoms with Crippen LogP contribution < -0.4 is 5.73 Å². The molecule has 0 aliphatic rings. The Morgan fingerprint density at radius 2 is 1.68 bits per heavy atom. The largest absolute Gasteiger partial charge is 0.417 e. The van der Waals surface area contributed by atoms with Gasteiger partial charge in [0.25, 0.3) is 0 Å². The number of likely N-dealkylation sites (N-methyl/N-ethyl adjacent to an activating group) is 1.